The second kappa shape index (κ2) is 5.59. The summed E-state index contributed by atoms with van der Waals surface area (Å²) >= 11 is 5.63. The lowest BCUT2D eigenvalue weighted by atomic mass is 10.2. The van der Waals surface area contributed by atoms with Crippen LogP contribution in [0.15, 0.2) is 6.07 Å². The average molecular weight is 297 g/mol. The van der Waals surface area contributed by atoms with Crippen molar-refractivity contribution in [3.05, 3.63) is 16.9 Å². The van der Waals surface area contributed by atoms with Gasteiger partial charge in [-0.1, -0.05) is 11.6 Å². The number of rotatable bonds is 5. The predicted molar refractivity (Wildman–Crippen MR) is 71.6 cm³/mol. The van der Waals surface area contributed by atoms with E-state index in [0.29, 0.717) is 0 Å². The Labute approximate surface area is 110 Å². The molecule has 0 aromatic heterocycles. The molecular formula is C9H14ClFN4O2S. The van der Waals surface area contributed by atoms with Crippen molar-refractivity contribution in [2.45, 2.75) is 0 Å². The molecule has 1 aromatic carbocycles. The van der Waals surface area contributed by atoms with Crippen molar-refractivity contribution in [3.8, 4) is 0 Å². The number of halogens is 2. The van der Waals surface area contributed by atoms with E-state index < -0.39 is 15.8 Å². The summed E-state index contributed by atoms with van der Waals surface area (Å²) in [4.78, 5) is 0. The molecule has 0 fully saturated rings. The predicted octanol–water partition coefficient (Wildman–Crippen LogP) is 0.605. The Morgan fingerprint density at radius 3 is 2.50 bits per heavy atom. The summed E-state index contributed by atoms with van der Waals surface area (Å²) in [6.45, 7) is 0.258. The summed E-state index contributed by atoms with van der Waals surface area (Å²) in [5.41, 5.74) is 11.2. The fourth-order valence-electron chi connectivity index (χ4n) is 1.27. The van der Waals surface area contributed by atoms with E-state index in [2.05, 4.69) is 10.0 Å². The lowest BCUT2D eigenvalue weighted by Gasteiger charge is -2.12. The smallest absolute Gasteiger partial charge is 0.208 e. The van der Waals surface area contributed by atoms with E-state index >= 15 is 0 Å². The minimum Gasteiger partial charge on any atom is -0.397 e. The first-order valence-corrected chi connectivity index (χ1v) is 7.20. The Hall–Kier alpha value is -1.25. The van der Waals surface area contributed by atoms with Crippen molar-refractivity contribution in [1.29, 1.82) is 0 Å². The van der Waals surface area contributed by atoms with Crippen LogP contribution in [0, 0.1) is 5.82 Å². The molecule has 6 N–H and O–H groups in total. The minimum absolute atomic E-state index is 0.00417. The Balaban J connectivity index is 2.71. The quantitative estimate of drug-likeness (QED) is 0.470. The first-order chi connectivity index (χ1) is 8.22. The maximum Gasteiger partial charge on any atom is 0.208 e. The van der Waals surface area contributed by atoms with Gasteiger partial charge in [0.2, 0.25) is 10.0 Å². The summed E-state index contributed by atoms with van der Waals surface area (Å²) in [5.74, 6) is -0.756. The first kappa shape index (κ1) is 14.8. The zero-order chi connectivity index (χ0) is 13.9. The van der Waals surface area contributed by atoms with Crippen molar-refractivity contribution in [2.75, 3.05) is 36.1 Å². The normalized spacial score (nSPS) is 11.5. The number of hydrogen-bond donors (Lipinski definition) is 4. The van der Waals surface area contributed by atoms with E-state index in [-0.39, 0.29) is 35.2 Å². The Kier molecular flexibility index (Phi) is 4.60. The Morgan fingerprint density at radius 2 is 1.94 bits per heavy atom. The van der Waals surface area contributed by atoms with Gasteiger partial charge >= 0.3 is 0 Å². The molecule has 9 heteroatoms. The Morgan fingerprint density at radius 1 is 1.33 bits per heavy atom. The van der Waals surface area contributed by atoms with Crippen LogP contribution in [0.4, 0.5) is 21.5 Å². The lowest BCUT2D eigenvalue weighted by Crippen LogP contribution is -2.28. The number of benzene rings is 1. The van der Waals surface area contributed by atoms with Gasteiger partial charge in [0.05, 0.1) is 23.3 Å². The second-order valence-electron chi connectivity index (χ2n) is 3.65. The summed E-state index contributed by atoms with van der Waals surface area (Å²) < 4.78 is 37.5. The van der Waals surface area contributed by atoms with Crippen molar-refractivity contribution in [1.82, 2.24) is 4.72 Å². The van der Waals surface area contributed by atoms with Crippen LogP contribution >= 0.6 is 11.6 Å². The molecular weight excluding hydrogens is 283 g/mol. The molecule has 102 valence electrons. The maximum atomic E-state index is 13.7. The van der Waals surface area contributed by atoms with Gasteiger partial charge in [-0.05, 0) is 6.07 Å². The van der Waals surface area contributed by atoms with Gasteiger partial charge in [-0.15, -0.1) is 0 Å². The van der Waals surface area contributed by atoms with Crippen molar-refractivity contribution in [3.63, 3.8) is 0 Å². The van der Waals surface area contributed by atoms with E-state index in [1.54, 1.807) is 0 Å². The van der Waals surface area contributed by atoms with Crippen LogP contribution in [-0.2, 0) is 10.0 Å². The van der Waals surface area contributed by atoms with Gasteiger partial charge in [0, 0.05) is 13.1 Å². The molecule has 0 atom stereocenters. The van der Waals surface area contributed by atoms with Crippen molar-refractivity contribution < 1.29 is 12.8 Å². The highest BCUT2D eigenvalue weighted by Crippen LogP contribution is 2.33. The summed E-state index contributed by atoms with van der Waals surface area (Å²) in [7, 11) is -3.27. The number of nitrogen functional groups attached to an aromatic ring is 2. The van der Waals surface area contributed by atoms with Crippen LogP contribution in [0.3, 0.4) is 0 Å². The van der Waals surface area contributed by atoms with E-state index in [1.165, 1.54) is 6.07 Å². The number of hydrogen-bond acceptors (Lipinski definition) is 5. The third kappa shape index (κ3) is 3.90. The van der Waals surface area contributed by atoms with Crippen LogP contribution in [0.1, 0.15) is 0 Å². The molecule has 1 rings (SSSR count). The molecule has 0 saturated carbocycles. The fraction of sp³-hybridized carbons (Fsp3) is 0.333. The van der Waals surface area contributed by atoms with Crippen LogP contribution in [0.2, 0.25) is 5.02 Å². The van der Waals surface area contributed by atoms with Gasteiger partial charge in [0.15, 0.2) is 5.82 Å². The van der Waals surface area contributed by atoms with Crippen molar-refractivity contribution >= 4 is 38.7 Å². The third-order valence-electron chi connectivity index (χ3n) is 2.06. The fourth-order valence-corrected chi connectivity index (χ4v) is 1.89. The highest BCUT2D eigenvalue weighted by Gasteiger charge is 2.13. The zero-order valence-electron chi connectivity index (χ0n) is 9.63. The second-order valence-corrected chi connectivity index (χ2v) is 5.86. The molecule has 0 heterocycles. The van der Waals surface area contributed by atoms with Gasteiger partial charge in [-0.3, -0.25) is 0 Å². The lowest BCUT2D eigenvalue weighted by molar-refractivity contribution is 0.589. The molecule has 0 amide bonds. The summed E-state index contributed by atoms with van der Waals surface area (Å²) in [5, 5.41) is 2.44. The van der Waals surface area contributed by atoms with E-state index in [0.717, 1.165) is 6.26 Å². The SMILES string of the molecule is CS(=O)(=O)NCCNc1c(N)cc(N)c(Cl)c1F. The average Bonchev–Trinajstić information content (AvgIpc) is 2.23. The molecule has 18 heavy (non-hydrogen) atoms. The molecule has 0 radical (unpaired) electrons. The van der Waals surface area contributed by atoms with Gasteiger partial charge in [-0.25, -0.2) is 17.5 Å². The van der Waals surface area contributed by atoms with Gasteiger partial charge < -0.3 is 16.8 Å². The van der Waals surface area contributed by atoms with Gasteiger partial charge in [0.25, 0.3) is 0 Å². The first-order valence-electron chi connectivity index (χ1n) is 4.94. The van der Waals surface area contributed by atoms with Gasteiger partial charge in [-0.2, -0.15) is 0 Å². The molecule has 0 bridgehead atoms. The topological polar surface area (TPSA) is 110 Å². The van der Waals surface area contributed by atoms with Gasteiger partial charge in [0.1, 0.15) is 5.02 Å². The number of anilines is 3. The highest BCUT2D eigenvalue weighted by molar-refractivity contribution is 7.88. The molecule has 0 aliphatic rings. The Bertz CT molecular complexity index is 550. The van der Waals surface area contributed by atoms with Crippen LogP contribution in [0.25, 0.3) is 0 Å². The van der Waals surface area contributed by atoms with Crippen LogP contribution in [0.5, 0.6) is 0 Å². The molecule has 0 spiro atoms. The zero-order valence-corrected chi connectivity index (χ0v) is 11.2. The number of sulfonamides is 1. The van der Waals surface area contributed by atoms with E-state index in [9.17, 15) is 12.8 Å². The molecule has 0 unspecified atom stereocenters. The van der Waals surface area contributed by atoms with Crippen LogP contribution < -0.4 is 21.5 Å². The highest BCUT2D eigenvalue weighted by atomic mass is 35.5. The number of nitrogens with one attached hydrogen (secondary N) is 2. The summed E-state index contributed by atoms with van der Waals surface area (Å²) in [6.07, 6.45) is 1.03. The molecule has 0 saturated heterocycles. The van der Waals surface area contributed by atoms with Crippen LogP contribution in [-0.4, -0.2) is 27.8 Å². The maximum absolute atomic E-state index is 13.7. The monoisotopic (exact) mass is 296 g/mol. The molecule has 1 aromatic rings. The van der Waals surface area contributed by atoms with E-state index in [1.807, 2.05) is 0 Å². The molecule has 0 aliphatic heterocycles. The summed E-state index contributed by atoms with van der Waals surface area (Å²) in [6, 6.07) is 1.33. The number of nitrogens with two attached hydrogens (primary N) is 2. The standard InChI is InChI=1S/C9H14ClFN4O2S/c1-18(16,17)15-3-2-14-9-6(13)4-5(12)7(10)8(9)11/h4,14-15H,2-3,12-13H2,1H3. The largest absolute Gasteiger partial charge is 0.397 e. The van der Waals surface area contributed by atoms with Crippen molar-refractivity contribution in [2.24, 2.45) is 0 Å². The third-order valence-corrected chi connectivity index (χ3v) is 3.17. The molecule has 0 aliphatic carbocycles. The minimum atomic E-state index is -3.27. The molecule has 6 nitrogen and oxygen atoms in total. The van der Waals surface area contributed by atoms with E-state index in [4.69, 9.17) is 23.1 Å².